The van der Waals surface area contributed by atoms with Crippen LogP contribution in [0.5, 0.6) is 5.88 Å². The van der Waals surface area contributed by atoms with Crippen LogP contribution in [0.4, 0.5) is 0 Å². The van der Waals surface area contributed by atoms with Gasteiger partial charge >= 0.3 is 0 Å². The van der Waals surface area contributed by atoms with Crippen LogP contribution in [-0.2, 0) is 6.54 Å². The average molecular weight is 367 g/mol. The van der Waals surface area contributed by atoms with Gasteiger partial charge in [-0.15, -0.1) is 0 Å². The number of carbonyl (C=O) groups is 2. The molecule has 4 rings (SSSR count). The van der Waals surface area contributed by atoms with E-state index in [9.17, 15) is 9.59 Å². The van der Waals surface area contributed by atoms with Crippen LogP contribution in [0.3, 0.4) is 0 Å². The molecular formula is C19H21N5O3. The van der Waals surface area contributed by atoms with E-state index in [1.807, 2.05) is 23.1 Å². The number of amides is 2. The maximum atomic E-state index is 13.0. The lowest BCUT2D eigenvalue weighted by Gasteiger charge is -2.37. The first kappa shape index (κ1) is 17.4. The lowest BCUT2D eigenvalue weighted by molar-refractivity contribution is 0.0280. The summed E-state index contributed by atoms with van der Waals surface area (Å²) in [6, 6.07) is 7.06. The molecule has 3 heterocycles. The van der Waals surface area contributed by atoms with Gasteiger partial charge in [0.15, 0.2) is 0 Å². The highest BCUT2D eigenvalue weighted by molar-refractivity contribution is 6.01. The molecule has 0 bridgehead atoms. The predicted octanol–water partition coefficient (Wildman–Crippen LogP) is 1.43. The highest BCUT2D eigenvalue weighted by Gasteiger charge is 2.40. The summed E-state index contributed by atoms with van der Waals surface area (Å²) in [5.41, 5.74) is 3.47. The average Bonchev–Trinajstić information content (AvgIpc) is 3.04. The smallest absolute Gasteiger partial charge is 0.266 e. The molecule has 2 atom stereocenters. The van der Waals surface area contributed by atoms with Gasteiger partial charge in [0.1, 0.15) is 6.10 Å². The largest absolute Gasteiger partial charge is 0.472 e. The van der Waals surface area contributed by atoms with E-state index < -0.39 is 5.91 Å². The molecule has 2 aromatic heterocycles. The van der Waals surface area contributed by atoms with Crippen molar-refractivity contribution < 1.29 is 14.3 Å². The molecule has 2 aromatic rings. The van der Waals surface area contributed by atoms with Gasteiger partial charge in [0.25, 0.3) is 11.8 Å². The van der Waals surface area contributed by atoms with Crippen LogP contribution in [-0.4, -0.2) is 38.8 Å². The van der Waals surface area contributed by atoms with Crippen molar-refractivity contribution in [3.63, 3.8) is 0 Å². The monoisotopic (exact) mass is 367 g/mol. The molecule has 0 aromatic carbocycles. The minimum atomic E-state index is -0.467. The molecule has 2 amide bonds. The zero-order valence-corrected chi connectivity index (χ0v) is 14.8. The van der Waals surface area contributed by atoms with E-state index in [4.69, 9.17) is 10.6 Å². The van der Waals surface area contributed by atoms with E-state index in [0.717, 1.165) is 25.7 Å². The number of nitrogens with one attached hydrogen (secondary N) is 1. The van der Waals surface area contributed by atoms with Gasteiger partial charge in [-0.1, -0.05) is 12.5 Å². The maximum absolute atomic E-state index is 13.0. The zero-order chi connectivity index (χ0) is 18.8. The Balaban J connectivity index is 1.56. The second-order valence-corrected chi connectivity index (χ2v) is 6.80. The molecule has 0 spiro atoms. The van der Waals surface area contributed by atoms with Crippen molar-refractivity contribution in [2.24, 2.45) is 5.84 Å². The Hall–Kier alpha value is -3.00. The summed E-state index contributed by atoms with van der Waals surface area (Å²) in [7, 11) is 0. The van der Waals surface area contributed by atoms with Crippen LogP contribution < -0.4 is 16.0 Å². The van der Waals surface area contributed by atoms with E-state index in [-0.39, 0.29) is 23.6 Å². The van der Waals surface area contributed by atoms with Gasteiger partial charge in [-0.25, -0.2) is 10.8 Å². The molecule has 1 aliphatic heterocycles. The molecule has 8 nitrogen and oxygen atoms in total. The molecule has 3 N–H and O–H groups in total. The third-order valence-corrected chi connectivity index (χ3v) is 5.15. The molecular weight excluding hydrogens is 346 g/mol. The normalized spacial score (nSPS) is 21.7. The van der Waals surface area contributed by atoms with Gasteiger partial charge in [0.2, 0.25) is 5.88 Å². The first-order valence-corrected chi connectivity index (χ1v) is 9.06. The first-order chi connectivity index (χ1) is 13.2. The summed E-state index contributed by atoms with van der Waals surface area (Å²) in [6.07, 6.45) is 6.86. The maximum Gasteiger partial charge on any atom is 0.266 e. The van der Waals surface area contributed by atoms with Gasteiger partial charge in [-0.05, 0) is 31.4 Å². The lowest BCUT2D eigenvalue weighted by atomic mass is 9.91. The van der Waals surface area contributed by atoms with Crippen molar-refractivity contribution in [3.8, 4) is 5.88 Å². The van der Waals surface area contributed by atoms with E-state index in [2.05, 4.69) is 15.4 Å². The number of ether oxygens (including phenoxy) is 1. The zero-order valence-electron chi connectivity index (χ0n) is 14.8. The summed E-state index contributed by atoms with van der Waals surface area (Å²) in [4.78, 5) is 35.1. The van der Waals surface area contributed by atoms with Crippen LogP contribution in [0.1, 0.15) is 52.1 Å². The predicted molar refractivity (Wildman–Crippen MR) is 96.7 cm³/mol. The van der Waals surface area contributed by atoms with E-state index >= 15 is 0 Å². The first-order valence-electron chi connectivity index (χ1n) is 9.06. The second kappa shape index (κ2) is 7.32. The van der Waals surface area contributed by atoms with E-state index in [0.29, 0.717) is 23.7 Å². The van der Waals surface area contributed by atoms with Gasteiger partial charge in [-0.2, -0.15) is 0 Å². The number of hydrazine groups is 1. The fraction of sp³-hybridized carbons (Fsp3) is 0.368. The number of fused-ring (bicyclic) bond motifs is 1. The lowest BCUT2D eigenvalue weighted by Crippen LogP contribution is -2.48. The number of hydrogen-bond donors (Lipinski definition) is 2. The number of nitrogen functional groups attached to an aromatic ring is 1. The third kappa shape index (κ3) is 3.35. The molecule has 0 saturated heterocycles. The fourth-order valence-corrected chi connectivity index (χ4v) is 3.81. The van der Waals surface area contributed by atoms with Gasteiger partial charge in [0, 0.05) is 18.5 Å². The number of rotatable bonds is 4. The van der Waals surface area contributed by atoms with Crippen molar-refractivity contribution in [2.45, 2.75) is 44.4 Å². The summed E-state index contributed by atoms with van der Waals surface area (Å²) < 4.78 is 6.10. The molecule has 1 fully saturated rings. The molecule has 140 valence electrons. The summed E-state index contributed by atoms with van der Waals surface area (Å²) in [5, 5.41) is 0. The van der Waals surface area contributed by atoms with Crippen LogP contribution in [0.25, 0.3) is 0 Å². The SMILES string of the molecule is NNC(=O)c1cnc2c(c1)C(=O)N([C@@H]1CCCC[C@H]1Oc1ccccn1)C2. The molecule has 2 aliphatic rings. The van der Waals surface area contributed by atoms with Crippen molar-refractivity contribution in [1.29, 1.82) is 0 Å². The number of hydrogen-bond acceptors (Lipinski definition) is 6. The van der Waals surface area contributed by atoms with Gasteiger partial charge in [-0.3, -0.25) is 20.0 Å². The molecule has 8 heteroatoms. The molecule has 1 saturated carbocycles. The van der Waals surface area contributed by atoms with Crippen molar-refractivity contribution >= 4 is 11.8 Å². The minimum absolute atomic E-state index is 0.0470. The minimum Gasteiger partial charge on any atom is -0.472 e. The molecule has 1 aliphatic carbocycles. The van der Waals surface area contributed by atoms with E-state index in [1.54, 1.807) is 12.3 Å². The Labute approximate surface area is 156 Å². The number of pyridine rings is 2. The Bertz CT molecular complexity index is 858. The van der Waals surface area contributed by atoms with Crippen LogP contribution in [0.2, 0.25) is 0 Å². The third-order valence-electron chi connectivity index (χ3n) is 5.15. The van der Waals surface area contributed by atoms with Crippen molar-refractivity contribution in [1.82, 2.24) is 20.3 Å². The number of aromatic nitrogens is 2. The Kier molecular flexibility index (Phi) is 4.72. The Morgan fingerprint density at radius 1 is 1.26 bits per heavy atom. The van der Waals surface area contributed by atoms with Crippen molar-refractivity contribution in [2.75, 3.05) is 0 Å². The Morgan fingerprint density at radius 2 is 2.11 bits per heavy atom. The van der Waals surface area contributed by atoms with E-state index in [1.165, 1.54) is 6.20 Å². The quantitative estimate of drug-likeness (QED) is 0.480. The Morgan fingerprint density at radius 3 is 2.89 bits per heavy atom. The molecule has 27 heavy (non-hydrogen) atoms. The summed E-state index contributed by atoms with van der Waals surface area (Å²) >= 11 is 0. The number of carbonyl (C=O) groups excluding carboxylic acids is 2. The second-order valence-electron chi connectivity index (χ2n) is 6.80. The highest BCUT2D eigenvalue weighted by atomic mass is 16.5. The van der Waals surface area contributed by atoms with Crippen LogP contribution in [0, 0.1) is 0 Å². The highest BCUT2D eigenvalue weighted by Crippen LogP contribution is 2.32. The number of nitrogens with zero attached hydrogens (tertiary/aromatic N) is 3. The van der Waals surface area contributed by atoms with Gasteiger partial charge < -0.3 is 9.64 Å². The van der Waals surface area contributed by atoms with Crippen molar-refractivity contribution in [3.05, 3.63) is 53.5 Å². The molecule has 0 radical (unpaired) electrons. The summed E-state index contributed by atoms with van der Waals surface area (Å²) in [6.45, 7) is 0.422. The van der Waals surface area contributed by atoms with Gasteiger partial charge in [0.05, 0.1) is 29.4 Å². The fourth-order valence-electron chi connectivity index (χ4n) is 3.81. The summed E-state index contributed by atoms with van der Waals surface area (Å²) in [5.74, 6) is 5.16. The molecule has 0 unspecified atom stereocenters. The topological polar surface area (TPSA) is 110 Å². The van der Waals surface area contributed by atoms with Crippen LogP contribution in [0.15, 0.2) is 36.7 Å². The number of nitrogens with two attached hydrogens (primary N) is 1. The standard InChI is InChI=1S/C19H21N5O3/c20-23-18(25)12-9-13-14(22-10-12)11-24(19(13)26)15-5-1-2-6-16(15)27-17-7-3-4-8-21-17/h3-4,7-10,15-16H,1-2,5-6,11,20H2,(H,23,25)/t15-,16-/m1/s1. The van der Waals surface area contributed by atoms with Crippen LogP contribution >= 0.6 is 0 Å².